The van der Waals surface area contributed by atoms with Gasteiger partial charge >= 0.3 is 5.69 Å². The van der Waals surface area contributed by atoms with Gasteiger partial charge in [-0.2, -0.15) is 0 Å². The molecule has 1 fully saturated rings. The van der Waals surface area contributed by atoms with Gasteiger partial charge in [-0.05, 0) is 29.3 Å². The molecule has 162 valence electrons. The summed E-state index contributed by atoms with van der Waals surface area (Å²) in [6, 6.07) is 7.25. The topological polar surface area (TPSA) is 89.3 Å². The maximum atomic E-state index is 11.5. The largest absolute Gasteiger partial charge is 0.493 e. The molecular weight excluding hydrogens is 430 g/mol. The molecule has 1 aliphatic rings. The second-order valence-electron chi connectivity index (χ2n) is 6.28. The Bertz CT molecular complexity index is 913. The van der Waals surface area contributed by atoms with Crippen molar-refractivity contribution >= 4 is 29.2 Å². The average molecular weight is 454 g/mol. The number of nitro benzene ring substituents is 1. The van der Waals surface area contributed by atoms with Crippen LogP contribution in [0.1, 0.15) is 21.0 Å². The first-order valence-corrected chi connectivity index (χ1v) is 10.9. The number of hydrogen-bond acceptors (Lipinski definition) is 9. The van der Waals surface area contributed by atoms with Crippen LogP contribution in [0.5, 0.6) is 28.7 Å². The second kappa shape index (κ2) is 9.57. The number of nitro groups is 1. The molecule has 8 nitrogen and oxygen atoms in total. The molecule has 0 radical (unpaired) electrons. The highest BCUT2D eigenvalue weighted by Gasteiger charge is 2.33. The van der Waals surface area contributed by atoms with Gasteiger partial charge < -0.3 is 23.7 Å². The Morgan fingerprint density at radius 2 is 1.37 bits per heavy atom. The summed E-state index contributed by atoms with van der Waals surface area (Å²) in [4.78, 5) is 11.1. The molecule has 0 aromatic heterocycles. The van der Waals surface area contributed by atoms with E-state index in [0.29, 0.717) is 23.0 Å². The summed E-state index contributed by atoms with van der Waals surface area (Å²) in [6.07, 6.45) is 0. The van der Waals surface area contributed by atoms with E-state index >= 15 is 0 Å². The smallest absolute Gasteiger partial charge is 0.315 e. The maximum absolute atomic E-state index is 11.5. The Hall–Kier alpha value is -2.46. The van der Waals surface area contributed by atoms with Gasteiger partial charge in [-0.15, -0.1) is 23.5 Å². The van der Waals surface area contributed by atoms with Crippen LogP contribution in [-0.4, -0.2) is 46.2 Å². The number of methoxy groups -OCH3 is 5. The molecule has 2 aromatic rings. The third-order valence-electron chi connectivity index (χ3n) is 4.70. The van der Waals surface area contributed by atoms with Crippen LogP contribution >= 0.6 is 23.5 Å². The summed E-state index contributed by atoms with van der Waals surface area (Å²) < 4.78 is 26.8. The van der Waals surface area contributed by atoms with Crippen molar-refractivity contribution < 1.29 is 28.6 Å². The summed E-state index contributed by atoms with van der Waals surface area (Å²) in [5, 5.41) is 11.7. The maximum Gasteiger partial charge on any atom is 0.315 e. The summed E-state index contributed by atoms with van der Waals surface area (Å²) in [6.45, 7) is 0. The zero-order chi connectivity index (χ0) is 21.8. The lowest BCUT2D eigenvalue weighted by Gasteiger charge is -2.17. The van der Waals surface area contributed by atoms with Crippen LogP contribution in [0.3, 0.4) is 0 Å². The van der Waals surface area contributed by atoms with Gasteiger partial charge in [0.15, 0.2) is 17.2 Å². The normalized spacial score (nSPS) is 18.0. The molecule has 0 unspecified atom stereocenters. The lowest BCUT2D eigenvalue weighted by molar-refractivity contribution is -0.385. The van der Waals surface area contributed by atoms with Gasteiger partial charge in [0, 0.05) is 17.1 Å². The summed E-state index contributed by atoms with van der Waals surface area (Å²) in [5.74, 6) is 3.05. The number of thioether (sulfide) groups is 2. The third kappa shape index (κ3) is 4.20. The van der Waals surface area contributed by atoms with Gasteiger partial charge in [-0.3, -0.25) is 10.1 Å². The first-order chi connectivity index (χ1) is 14.5. The van der Waals surface area contributed by atoms with E-state index in [9.17, 15) is 10.1 Å². The van der Waals surface area contributed by atoms with E-state index in [2.05, 4.69) is 0 Å². The Labute approximate surface area is 183 Å². The van der Waals surface area contributed by atoms with E-state index in [4.69, 9.17) is 23.7 Å². The molecule has 1 heterocycles. The van der Waals surface area contributed by atoms with Crippen molar-refractivity contribution in [1.82, 2.24) is 0 Å². The van der Waals surface area contributed by atoms with Crippen LogP contribution in [0.4, 0.5) is 5.69 Å². The predicted molar refractivity (Wildman–Crippen MR) is 118 cm³/mol. The van der Waals surface area contributed by atoms with Gasteiger partial charge in [0.05, 0.1) is 45.1 Å². The zero-order valence-electron chi connectivity index (χ0n) is 17.3. The third-order valence-corrected chi connectivity index (χ3v) is 8.04. The standard InChI is InChI=1S/C20H23NO7S2/c1-24-14-9-12(6-13(21(22)23)18(14)27-4)20-29-10-17(30-20)11-7-15(25-2)19(28-5)16(8-11)26-3/h6-9,17,20H,10H2,1-5H3/t17-,20-/m0/s1. The molecule has 1 saturated heterocycles. The summed E-state index contributed by atoms with van der Waals surface area (Å²) >= 11 is 3.43. The predicted octanol–water partition coefficient (Wildman–Crippen LogP) is 4.86. The first kappa shape index (κ1) is 22.2. The molecule has 0 N–H and O–H groups in total. The van der Waals surface area contributed by atoms with E-state index in [1.54, 1.807) is 57.0 Å². The average Bonchev–Trinajstić information content (AvgIpc) is 3.27. The van der Waals surface area contributed by atoms with Crippen molar-refractivity contribution in [3.8, 4) is 28.7 Å². The molecule has 1 aliphatic heterocycles. The van der Waals surface area contributed by atoms with Crippen molar-refractivity contribution in [1.29, 1.82) is 0 Å². The van der Waals surface area contributed by atoms with Crippen LogP contribution in [-0.2, 0) is 0 Å². The minimum atomic E-state index is -0.453. The highest BCUT2D eigenvalue weighted by atomic mass is 32.2. The van der Waals surface area contributed by atoms with Crippen molar-refractivity contribution in [2.75, 3.05) is 41.3 Å². The van der Waals surface area contributed by atoms with Crippen molar-refractivity contribution in [2.45, 2.75) is 9.83 Å². The minimum Gasteiger partial charge on any atom is -0.493 e. The minimum absolute atomic E-state index is 0.00703. The molecule has 0 aliphatic carbocycles. The van der Waals surface area contributed by atoms with Crippen LogP contribution in [0.2, 0.25) is 0 Å². The van der Waals surface area contributed by atoms with Crippen molar-refractivity contribution in [3.63, 3.8) is 0 Å². The number of rotatable bonds is 8. The van der Waals surface area contributed by atoms with E-state index in [0.717, 1.165) is 16.9 Å². The molecule has 30 heavy (non-hydrogen) atoms. The van der Waals surface area contributed by atoms with E-state index in [1.807, 2.05) is 12.1 Å². The summed E-state index contributed by atoms with van der Waals surface area (Å²) in [7, 11) is 7.61. The Balaban J connectivity index is 1.92. The van der Waals surface area contributed by atoms with Crippen LogP contribution in [0.15, 0.2) is 24.3 Å². The number of ether oxygens (including phenoxy) is 5. The van der Waals surface area contributed by atoms with Gasteiger partial charge in [0.25, 0.3) is 0 Å². The Morgan fingerprint density at radius 1 is 0.833 bits per heavy atom. The van der Waals surface area contributed by atoms with E-state index in [-0.39, 0.29) is 21.3 Å². The molecule has 2 atom stereocenters. The monoisotopic (exact) mass is 453 g/mol. The lowest BCUT2D eigenvalue weighted by atomic mass is 10.1. The zero-order valence-corrected chi connectivity index (χ0v) is 18.9. The molecule has 10 heteroatoms. The molecule has 3 rings (SSSR count). The molecule has 0 saturated carbocycles. The molecule has 2 aromatic carbocycles. The van der Waals surface area contributed by atoms with Gasteiger partial charge in [-0.25, -0.2) is 0 Å². The molecule has 0 bridgehead atoms. The fourth-order valence-electron chi connectivity index (χ4n) is 3.28. The Kier molecular flexibility index (Phi) is 7.09. The van der Waals surface area contributed by atoms with E-state index < -0.39 is 4.92 Å². The molecule has 0 spiro atoms. The Morgan fingerprint density at radius 3 is 1.87 bits per heavy atom. The van der Waals surface area contributed by atoms with Gasteiger partial charge in [-0.1, -0.05) is 0 Å². The highest BCUT2D eigenvalue weighted by molar-refractivity contribution is 8.19. The van der Waals surface area contributed by atoms with Gasteiger partial charge in [0.1, 0.15) is 0 Å². The van der Waals surface area contributed by atoms with Crippen LogP contribution < -0.4 is 23.7 Å². The van der Waals surface area contributed by atoms with Crippen molar-refractivity contribution in [2.24, 2.45) is 0 Å². The summed E-state index contributed by atoms with van der Waals surface area (Å²) in [5.41, 5.74) is 1.74. The first-order valence-electron chi connectivity index (χ1n) is 8.94. The molecule has 0 amide bonds. The second-order valence-corrected chi connectivity index (χ2v) is 9.03. The highest BCUT2D eigenvalue weighted by Crippen LogP contribution is 2.58. The fraction of sp³-hybridized carbons (Fsp3) is 0.400. The van der Waals surface area contributed by atoms with Crippen LogP contribution in [0, 0.1) is 10.1 Å². The number of benzene rings is 2. The van der Waals surface area contributed by atoms with Gasteiger partial charge in [0.2, 0.25) is 11.5 Å². The fourth-order valence-corrected chi connectivity index (χ4v) is 6.53. The quantitative estimate of drug-likeness (QED) is 0.411. The lowest BCUT2D eigenvalue weighted by Crippen LogP contribution is -2.00. The molecular formula is C20H23NO7S2. The van der Waals surface area contributed by atoms with E-state index in [1.165, 1.54) is 14.2 Å². The van der Waals surface area contributed by atoms with Crippen LogP contribution in [0.25, 0.3) is 0 Å². The number of nitrogens with zero attached hydrogens (tertiary/aromatic N) is 1. The number of hydrogen-bond donors (Lipinski definition) is 0. The van der Waals surface area contributed by atoms with Crippen molar-refractivity contribution in [3.05, 3.63) is 45.5 Å². The SMILES string of the molecule is COc1cc([C@@H]2CS[C@H](c3cc(OC)c(OC)c([N+](=O)[O-])c3)S2)cc(OC)c1OC.